The zero-order valence-corrected chi connectivity index (χ0v) is 14.4. The van der Waals surface area contributed by atoms with Gasteiger partial charge in [0.1, 0.15) is 6.54 Å². The second-order valence-electron chi connectivity index (χ2n) is 6.56. The standard InChI is InChI=1S/C20H20N2O4/c1-13-3-2-4-15(11-13)20(9-10-20)19(26)22-16-7-5-14(6-8-16)18(25)21-12-17(23)24/h2-8,11H,9-10,12H2,1H3,(H,21,25)(H,22,26)(H,23,24). The summed E-state index contributed by atoms with van der Waals surface area (Å²) in [5, 5.41) is 13.8. The number of carbonyl (C=O) groups is 3. The van der Waals surface area contributed by atoms with Crippen molar-refractivity contribution >= 4 is 23.5 Å². The third-order valence-corrected chi connectivity index (χ3v) is 4.56. The lowest BCUT2D eigenvalue weighted by Gasteiger charge is -2.16. The molecule has 1 aliphatic rings. The van der Waals surface area contributed by atoms with Gasteiger partial charge in [-0.1, -0.05) is 29.8 Å². The van der Waals surface area contributed by atoms with E-state index in [1.54, 1.807) is 24.3 Å². The lowest BCUT2D eigenvalue weighted by molar-refractivity contribution is -0.135. The second-order valence-corrected chi connectivity index (χ2v) is 6.56. The molecule has 6 heteroatoms. The van der Waals surface area contributed by atoms with Gasteiger partial charge in [0.15, 0.2) is 0 Å². The van der Waals surface area contributed by atoms with Crippen molar-refractivity contribution in [2.75, 3.05) is 11.9 Å². The fourth-order valence-electron chi connectivity index (χ4n) is 2.93. The van der Waals surface area contributed by atoms with Crippen LogP contribution in [0, 0.1) is 6.92 Å². The van der Waals surface area contributed by atoms with Gasteiger partial charge >= 0.3 is 5.97 Å². The predicted molar refractivity (Wildman–Crippen MR) is 97.1 cm³/mol. The number of carboxylic acid groups (broad SMARTS) is 1. The number of benzene rings is 2. The van der Waals surface area contributed by atoms with Crippen LogP contribution in [0.25, 0.3) is 0 Å². The van der Waals surface area contributed by atoms with Gasteiger partial charge in [-0.05, 0) is 49.6 Å². The Morgan fingerprint density at radius 1 is 1.08 bits per heavy atom. The molecule has 0 aliphatic heterocycles. The Bertz CT molecular complexity index is 854. The van der Waals surface area contributed by atoms with Gasteiger partial charge in [0.05, 0.1) is 5.41 Å². The number of rotatable bonds is 6. The molecule has 2 aromatic rings. The highest BCUT2D eigenvalue weighted by atomic mass is 16.4. The number of hydrogen-bond acceptors (Lipinski definition) is 3. The second kappa shape index (κ2) is 7.00. The van der Waals surface area contributed by atoms with Crippen molar-refractivity contribution in [2.24, 2.45) is 0 Å². The molecule has 0 unspecified atom stereocenters. The van der Waals surface area contributed by atoms with Crippen LogP contribution in [-0.2, 0) is 15.0 Å². The van der Waals surface area contributed by atoms with Crippen LogP contribution in [0.1, 0.15) is 34.3 Å². The van der Waals surface area contributed by atoms with Crippen molar-refractivity contribution in [2.45, 2.75) is 25.2 Å². The Kier molecular flexibility index (Phi) is 4.75. The Labute approximate surface area is 151 Å². The van der Waals surface area contributed by atoms with Crippen LogP contribution in [0.4, 0.5) is 5.69 Å². The molecular weight excluding hydrogens is 332 g/mol. The van der Waals surface area contributed by atoms with E-state index >= 15 is 0 Å². The van der Waals surface area contributed by atoms with Crippen molar-refractivity contribution in [1.29, 1.82) is 0 Å². The summed E-state index contributed by atoms with van der Waals surface area (Å²) >= 11 is 0. The highest BCUT2D eigenvalue weighted by molar-refractivity contribution is 6.02. The van der Waals surface area contributed by atoms with Gasteiger partial charge in [-0.2, -0.15) is 0 Å². The van der Waals surface area contributed by atoms with Gasteiger partial charge in [0.25, 0.3) is 5.91 Å². The van der Waals surface area contributed by atoms with Crippen LogP contribution in [0.2, 0.25) is 0 Å². The van der Waals surface area contributed by atoms with Gasteiger partial charge in [-0.15, -0.1) is 0 Å². The molecule has 0 atom stereocenters. The Balaban J connectivity index is 1.67. The largest absolute Gasteiger partial charge is 0.480 e. The Hall–Kier alpha value is -3.15. The first-order chi connectivity index (χ1) is 12.4. The van der Waals surface area contributed by atoms with E-state index in [2.05, 4.69) is 10.6 Å². The summed E-state index contributed by atoms with van der Waals surface area (Å²) in [5.41, 5.74) is 2.62. The number of nitrogens with one attached hydrogen (secondary N) is 2. The van der Waals surface area contributed by atoms with Crippen LogP contribution < -0.4 is 10.6 Å². The molecule has 0 bridgehead atoms. The minimum Gasteiger partial charge on any atom is -0.480 e. The van der Waals surface area contributed by atoms with Crippen LogP contribution >= 0.6 is 0 Å². The average Bonchev–Trinajstić information content (AvgIpc) is 3.42. The molecule has 6 nitrogen and oxygen atoms in total. The smallest absolute Gasteiger partial charge is 0.322 e. The van der Waals surface area contributed by atoms with Crippen LogP contribution in [0.15, 0.2) is 48.5 Å². The van der Waals surface area contributed by atoms with Crippen LogP contribution in [-0.4, -0.2) is 29.4 Å². The molecule has 1 fully saturated rings. The maximum Gasteiger partial charge on any atom is 0.322 e. The molecule has 3 rings (SSSR count). The van der Waals surface area contributed by atoms with Gasteiger partial charge in [0, 0.05) is 11.3 Å². The number of carbonyl (C=O) groups excluding carboxylic acids is 2. The van der Waals surface area contributed by atoms with Gasteiger partial charge in [-0.3, -0.25) is 14.4 Å². The van der Waals surface area contributed by atoms with Crippen molar-refractivity contribution < 1.29 is 19.5 Å². The van der Waals surface area contributed by atoms with Crippen molar-refractivity contribution in [3.63, 3.8) is 0 Å². The third-order valence-electron chi connectivity index (χ3n) is 4.56. The summed E-state index contributed by atoms with van der Waals surface area (Å²) < 4.78 is 0. The summed E-state index contributed by atoms with van der Waals surface area (Å²) in [5.74, 6) is -1.62. The number of aryl methyl sites for hydroxylation is 1. The third kappa shape index (κ3) is 3.74. The van der Waals surface area contributed by atoms with Gasteiger partial charge in [0.2, 0.25) is 5.91 Å². The fraction of sp³-hybridized carbons (Fsp3) is 0.250. The van der Waals surface area contributed by atoms with E-state index in [0.717, 1.165) is 24.0 Å². The average molecular weight is 352 g/mol. The molecule has 1 saturated carbocycles. The highest BCUT2D eigenvalue weighted by Crippen LogP contribution is 2.49. The molecule has 2 amide bonds. The molecule has 26 heavy (non-hydrogen) atoms. The molecule has 0 saturated heterocycles. The first kappa shape index (κ1) is 17.7. The maximum atomic E-state index is 12.7. The monoisotopic (exact) mass is 352 g/mol. The van der Waals surface area contributed by atoms with E-state index in [1.807, 2.05) is 31.2 Å². The number of anilines is 1. The molecular formula is C20H20N2O4. The zero-order valence-electron chi connectivity index (χ0n) is 14.4. The van der Waals surface area contributed by atoms with Gasteiger partial charge in [-0.25, -0.2) is 0 Å². The lowest BCUT2D eigenvalue weighted by Crippen LogP contribution is -2.29. The minimum atomic E-state index is -1.10. The molecule has 2 aromatic carbocycles. The minimum absolute atomic E-state index is 0.0498. The van der Waals surface area contributed by atoms with Crippen molar-refractivity contribution in [3.05, 3.63) is 65.2 Å². The predicted octanol–water partition coefficient (Wildman–Crippen LogP) is 2.48. The normalized spacial score (nSPS) is 14.3. The molecule has 134 valence electrons. The lowest BCUT2D eigenvalue weighted by atomic mass is 9.93. The molecule has 0 radical (unpaired) electrons. The van der Waals surface area contributed by atoms with E-state index in [1.165, 1.54) is 0 Å². The van der Waals surface area contributed by atoms with Crippen molar-refractivity contribution in [1.82, 2.24) is 5.32 Å². The Morgan fingerprint density at radius 2 is 1.77 bits per heavy atom. The SMILES string of the molecule is Cc1cccc(C2(C(=O)Nc3ccc(C(=O)NCC(=O)O)cc3)CC2)c1. The quantitative estimate of drug-likeness (QED) is 0.744. The van der Waals surface area contributed by atoms with Crippen molar-refractivity contribution in [3.8, 4) is 0 Å². The summed E-state index contributed by atoms with van der Waals surface area (Å²) in [6, 6.07) is 14.4. The van der Waals surface area contributed by atoms with E-state index in [4.69, 9.17) is 5.11 Å². The molecule has 1 aliphatic carbocycles. The van der Waals surface area contributed by atoms with Crippen LogP contribution in [0.5, 0.6) is 0 Å². The Morgan fingerprint density at radius 3 is 2.35 bits per heavy atom. The van der Waals surface area contributed by atoms with E-state index in [9.17, 15) is 14.4 Å². The first-order valence-electron chi connectivity index (χ1n) is 8.39. The number of aliphatic carboxylic acids is 1. The topological polar surface area (TPSA) is 95.5 Å². The van der Waals surface area contributed by atoms with E-state index in [-0.39, 0.29) is 5.91 Å². The summed E-state index contributed by atoms with van der Waals surface area (Å²) in [7, 11) is 0. The number of carboxylic acids is 1. The summed E-state index contributed by atoms with van der Waals surface area (Å²) in [6.45, 7) is 1.57. The zero-order chi connectivity index (χ0) is 18.7. The number of hydrogen-bond donors (Lipinski definition) is 3. The molecule has 0 spiro atoms. The van der Waals surface area contributed by atoms with E-state index in [0.29, 0.717) is 11.3 Å². The summed E-state index contributed by atoms with van der Waals surface area (Å²) in [6.07, 6.45) is 1.63. The fourth-order valence-corrected chi connectivity index (χ4v) is 2.93. The van der Waals surface area contributed by atoms with Gasteiger partial charge < -0.3 is 15.7 Å². The molecule has 0 heterocycles. The summed E-state index contributed by atoms with van der Waals surface area (Å²) in [4.78, 5) is 35.0. The van der Waals surface area contributed by atoms with Crippen LogP contribution in [0.3, 0.4) is 0 Å². The van der Waals surface area contributed by atoms with E-state index < -0.39 is 23.8 Å². The first-order valence-corrected chi connectivity index (χ1v) is 8.39. The number of amides is 2. The molecule has 0 aromatic heterocycles. The molecule has 3 N–H and O–H groups in total. The highest BCUT2D eigenvalue weighted by Gasteiger charge is 2.51. The maximum absolute atomic E-state index is 12.7.